The number of nitrogens with one attached hydrogen (secondary N) is 1. The standard InChI is InChI=1S/C15H30N2O/c1-12-4-6-14(7-5-12)17(3)10-13-11-18-9-8-15(13)16-2/h12-16H,4-11H2,1-3H3. The molecule has 1 saturated carbocycles. The zero-order chi connectivity index (χ0) is 13.0. The van der Waals surface area contributed by atoms with Crippen molar-refractivity contribution in [2.24, 2.45) is 11.8 Å². The van der Waals surface area contributed by atoms with E-state index in [1.165, 1.54) is 32.2 Å². The fraction of sp³-hybridized carbons (Fsp3) is 1.00. The molecule has 1 heterocycles. The third-order valence-electron chi connectivity index (χ3n) is 4.98. The fourth-order valence-corrected chi connectivity index (χ4v) is 3.56. The van der Waals surface area contributed by atoms with Crippen LogP contribution in [0, 0.1) is 11.8 Å². The quantitative estimate of drug-likeness (QED) is 0.832. The van der Waals surface area contributed by atoms with Crippen LogP contribution in [0.3, 0.4) is 0 Å². The lowest BCUT2D eigenvalue weighted by molar-refractivity contribution is 0.0129. The monoisotopic (exact) mass is 254 g/mol. The summed E-state index contributed by atoms with van der Waals surface area (Å²) < 4.78 is 5.65. The molecule has 1 N–H and O–H groups in total. The van der Waals surface area contributed by atoms with Crippen molar-refractivity contribution in [2.45, 2.75) is 51.1 Å². The first-order valence-electron chi connectivity index (χ1n) is 7.66. The summed E-state index contributed by atoms with van der Waals surface area (Å²) in [7, 11) is 4.40. The predicted octanol–water partition coefficient (Wildman–Crippen LogP) is 2.12. The summed E-state index contributed by atoms with van der Waals surface area (Å²) in [5, 5.41) is 3.46. The molecular weight excluding hydrogens is 224 g/mol. The van der Waals surface area contributed by atoms with Gasteiger partial charge in [-0.3, -0.25) is 0 Å². The Morgan fingerprint density at radius 3 is 2.56 bits per heavy atom. The summed E-state index contributed by atoms with van der Waals surface area (Å²) in [6.45, 7) is 5.43. The highest BCUT2D eigenvalue weighted by atomic mass is 16.5. The second-order valence-corrected chi connectivity index (χ2v) is 6.37. The van der Waals surface area contributed by atoms with E-state index in [-0.39, 0.29) is 0 Å². The van der Waals surface area contributed by atoms with E-state index in [9.17, 15) is 0 Å². The third kappa shape index (κ3) is 3.69. The molecule has 2 atom stereocenters. The number of nitrogens with zero attached hydrogens (tertiary/aromatic N) is 1. The van der Waals surface area contributed by atoms with Crippen LogP contribution in [-0.2, 0) is 4.74 Å². The van der Waals surface area contributed by atoms with Crippen molar-refractivity contribution in [1.29, 1.82) is 0 Å². The summed E-state index contributed by atoms with van der Waals surface area (Å²) in [5.74, 6) is 1.60. The van der Waals surface area contributed by atoms with E-state index >= 15 is 0 Å². The van der Waals surface area contributed by atoms with Crippen LogP contribution < -0.4 is 5.32 Å². The van der Waals surface area contributed by atoms with Gasteiger partial charge >= 0.3 is 0 Å². The van der Waals surface area contributed by atoms with Crippen molar-refractivity contribution in [3.05, 3.63) is 0 Å². The zero-order valence-electron chi connectivity index (χ0n) is 12.3. The van der Waals surface area contributed by atoms with Gasteiger partial charge in [0.15, 0.2) is 0 Å². The van der Waals surface area contributed by atoms with Crippen LogP contribution in [0.4, 0.5) is 0 Å². The molecule has 1 aliphatic carbocycles. The number of ether oxygens (including phenoxy) is 1. The maximum atomic E-state index is 5.65. The first kappa shape index (κ1) is 14.3. The minimum atomic E-state index is 0.642. The summed E-state index contributed by atoms with van der Waals surface area (Å²) in [5.41, 5.74) is 0. The molecule has 1 aliphatic heterocycles. The molecule has 3 nitrogen and oxygen atoms in total. The van der Waals surface area contributed by atoms with Crippen molar-refractivity contribution < 1.29 is 4.74 Å². The Hall–Kier alpha value is -0.120. The second-order valence-electron chi connectivity index (χ2n) is 6.37. The van der Waals surface area contributed by atoms with E-state index in [2.05, 4.69) is 31.2 Å². The third-order valence-corrected chi connectivity index (χ3v) is 4.98. The van der Waals surface area contributed by atoms with Crippen LogP contribution in [0.15, 0.2) is 0 Å². The van der Waals surface area contributed by atoms with Crippen LogP contribution in [0.2, 0.25) is 0 Å². The Morgan fingerprint density at radius 2 is 1.89 bits per heavy atom. The maximum absolute atomic E-state index is 5.65. The number of hydrogen-bond donors (Lipinski definition) is 1. The lowest BCUT2D eigenvalue weighted by atomic mass is 9.86. The molecule has 1 saturated heterocycles. The molecule has 0 aromatic heterocycles. The van der Waals surface area contributed by atoms with Gasteiger partial charge in [0.2, 0.25) is 0 Å². The van der Waals surface area contributed by atoms with Gasteiger partial charge in [-0.15, -0.1) is 0 Å². The average molecular weight is 254 g/mol. The summed E-state index contributed by atoms with van der Waals surface area (Å²) in [4.78, 5) is 2.59. The molecule has 2 rings (SSSR count). The molecule has 2 unspecified atom stereocenters. The zero-order valence-corrected chi connectivity index (χ0v) is 12.3. The molecule has 18 heavy (non-hydrogen) atoms. The predicted molar refractivity (Wildman–Crippen MR) is 75.8 cm³/mol. The molecule has 2 aliphatic rings. The summed E-state index contributed by atoms with van der Waals surface area (Å²) in [6.07, 6.45) is 6.75. The highest BCUT2D eigenvalue weighted by Gasteiger charge is 2.28. The Bertz CT molecular complexity index is 239. The van der Waals surface area contributed by atoms with E-state index in [1.807, 2.05) is 0 Å². The molecule has 0 aromatic carbocycles. The topological polar surface area (TPSA) is 24.5 Å². The first-order chi connectivity index (χ1) is 8.70. The van der Waals surface area contributed by atoms with Crippen molar-refractivity contribution in [3.63, 3.8) is 0 Å². The summed E-state index contributed by atoms with van der Waals surface area (Å²) in [6, 6.07) is 1.45. The van der Waals surface area contributed by atoms with Crippen LogP contribution in [0.1, 0.15) is 39.0 Å². The highest BCUT2D eigenvalue weighted by molar-refractivity contribution is 4.84. The largest absolute Gasteiger partial charge is 0.381 e. The molecule has 0 spiro atoms. The van der Waals surface area contributed by atoms with Gasteiger partial charge < -0.3 is 15.0 Å². The van der Waals surface area contributed by atoms with Gasteiger partial charge in [-0.2, -0.15) is 0 Å². The van der Waals surface area contributed by atoms with Gasteiger partial charge in [-0.1, -0.05) is 6.92 Å². The number of rotatable bonds is 4. The van der Waals surface area contributed by atoms with Gasteiger partial charge in [0, 0.05) is 31.2 Å². The second kappa shape index (κ2) is 6.88. The van der Waals surface area contributed by atoms with Crippen LogP contribution >= 0.6 is 0 Å². The minimum absolute atomic E-state index is 0.642. The molecule has 3 heteroatoms. The first-order valence-corrected chi connectivity index (χ1v) is 7.66. The van der Waals surface area contributed by atoms with Crippen molar-refractivity contribution in [1.82, 2.24) is 10.2 Å². The molecule has 0 radical (unpaired) electrons. The minimum Gasteiger partial charge on any atom is -0.381 e. The maximum Gasteiger partial charge on any atom is 0.0521 e. The Balaban J connectivity index is 1.80. The average Bonchev–Trinajstić information content (AvgIpc) is 2.40. The van der Waals surface area contributed by atoms with Crippen molar-refractivity contribution >= 4 is 0 Å². The molecule has 0 bridgehead atoms. The van der Waals surface area contributed by atoms with Crippen LogP contribution in [0.25, 0.3) is 0 Å². The van der Waals surface area contributed by atoms with E-state index in [0.29, 0.717) is 12.0 Å². The normalized spacial score (nSPS) is 38.0. The Labute approximate surface area is 112 Å². The smallest absolute Gasteiger partial charge is 0.0521 e. The van der Waals surface area contributed by atoms with Gasteiger partial charge in [-0.25, -0.2) is 0 Å². The van der Waals surface area contributed by atoms with Gasteiger partial charge in [0.25, 0.3) is 0 Å². The van der Waals surface area contributed by atoms with E-state index < -0.39 is 0 Å². The molecule has 0 amide bonds. The van der Waals surface area contributed by atoms with Crippen molar-refractivity contribution in [2.75, 3.05) is 33.9 Å². The number of hydrogen-bond acceptors (Lipinski definition) is 3. The van der Waals surface area contributed by atoms with Gasteiger partial charge in [0.1, 0.15) is 0 Å². The van der Waals surface area contributed by atoms with Crippen LogP contribution in [0.5, 0.6) is 0 Å². The lowest BCUT2D eigenvalue weighted by Crippen LogP contribution is -2.48. The Morgan fingerprint density at radius 1 is 1.17 bits per heavy atom. The van der Waals surface area contributed by atoms with E-state index in [4.69, 9.17) is 4.74 Å². The Kier molecular flexibility index (Phi) is 5.46. The highest BCUT2D eigenvalue weighted by Crippen LogP contribution is 2.27. The van der Waals surface area contributed by atoms with Gasteiger partial charge in [0.05, 0.1) is 6.61 Å². The lowest BCUT2D eigenvalue weighted by Gasteiger charge is -2.39. The van der Waals surface area contributed by atoms with E-state index in [1.54, 1.807) is 0 Å². The molecule has 0 aromatic rings. The fourth-order valence-electron chi connectivity index (χ4n) is 3.56. The molecule has 2 fully saturated rings. The van der Waals surface area contributed by atoms with Crippen LogP contribution in [-0.4, -0.2) is 50.8 Å². The van der Waals surface area contributed by atoms with Gasteiger partial charge in [-0.05, 0) is 52.1 Å². The molecular formula is C15H30N2O. The summed E-state index contributed by atoms with van der Waals surface area (Å²) >= 11 is 0. The SMILES string of the molecule is CNC1CCOCC1CN(C)C1CCC(C)CC1. The van der Waals surface area contributed by atoms with E-state index in [0.717, 1.165) is 31.6 Å². The molecule has 106 valence electrons. The van der Waals surface area contributed by atoms with Crippen molar-refractivity contribution in [3.8, 4) is 0 Å².